The van der Waals surface area contributed by atoms with E-state index in [0.29, 0.717) is 10.6 Å². The zero-order chi connectivity index (χ0) is 15.4. The summed E-state index contributed by atoms with van der Waals surface area (Å²) < 4.78 is 25.5. The molecule has 21 heavy (non-hydrogen) atoms. The Labute approximate surface area is 124 Å². The third kappa shape index (κ3) is 4.13. The summed E-state index contributed by atoms with van der Waals surface area (Å²) >= 11 is 0. The lowest BCUT2D eigenvalue weighted by molar-refractivity contribution is -0.113. The molecule has 6 heteroatoms. The SMILES string of the molecule is Cc1ccc(S(=O)CC(=O)Nc2cc(N)ccc2F)cc1. The van der Waals surface area contributed by atoms with E-state index in [0.717, 1.165) is 5.56 Å². The minimum Gasteiger partial charge on any atom is -0.399 e. The average Bonchev–Trinajstić information content (AvgIpc) is 2.43. The van der Waals surface area contributed by atoms with Crippen LogP contribution in [0.15, 0.2) is 47.4 Å². The molecule has 0 aliphatic rings. The molecule has 3 N–H and O–H groups in total. The highest BCUT2D eigenvalue weighted by molar-refractivity contribution is 7.85. The van der Waals surface area contributed by atoms with Crippen LogP contribution in [0.3, 0.4) is 0 Å². The van der Waals surface area contributed by atoms with Gasteiger partial charge in [-0.05, 0) is 37.3 Å². The molecule has 0 bridgehead atoms. The molecule has 1 atom stereocenters. The second-order valence-corrected chi connectivity index (χ2v) is 6.04. The van der Waals surface area contributed by atoms with Gasteiger partial charge in [0.2, 0.25) is 5.91 Å². The zero-order valence-electron chi connectivity index (χ0n) is 11.4. The van der Waals surface area contributed by atoms with Crippen LogP contribution in [0.25, 0.3) is 0 Å². The minimum absolute atomic E-state index is 0.0130. The number of benzene rings is 2. The van der Waals surface area contributed by atoms with Crippen LogP contribution in [0, 0.1) is 12.7 Å². The Bertz CT molecular complexity index is 687. The van der Waals surface area contributed by atoms with Gasteiger partial charge in [-0.2, -0.15) is 0 Å². The van der Waals surface area contributed by atoms with E-state index in [4.69, 9.17) is 5.73 Å². The van der Waals surface area contributed by atoms with E-state index in [9.17, 15) is 13.4 Å². The molecule has 0 spiro atoms. The molecule has 0 radical (unpaired) electrons. The fraction of sp³-hybridized carbons (Fsp3) is 0.133. The third-order valence-electron chi connectivity index (χ3n) is 2.81. The Morgan fingerprint density at radius 3 is 2.57 bits per heavy atom. The number of carbonyl (C=O) groups is 1. The molecule has 0 heterocycles. The number of nitrogens with one attached hydrogen (secondary N) is 1. The Hall–Kier alpha value is -2.21. The highest BCUT2D eigenvalue weighted by Gasteiger charge is 2.12. The van der Waals surface area contributed by atoms with Crippen molar-refractivity contribution in [2.24, 2.45) is 0 Å². The standard InChI is InChI=1S/C15H15FN2O2S/c1-10-2-5-12(6-3-10)21(20)9-15(19)18-14-8-11(17)4-7-13(14)16/h2-8H,9,17H2,1H3,(H,18,19). The maximum absolute atomic E-state index is 13.5. The van der Waals surface area contributed by atoms with E-state index >= 15 is 0 Å². The molecule has 2 aromatic carbocycles. The lowest BCUT2D eigenvalue weighted by Gasteiger charge is -2.07. The van der Waals surface area contributed by atoms with Gasteiger partial charge in [-0.15, -0.1) is 0 Å². The number of hydrogen-bond donors (Lipinski definition) is 2. The van der Waals surface area contributed by atoms with Crippen LogP contribution in [-0.2, 0) is 15.6 Å². The van der Waals surface area contributed by atoms with Gasteiger partial charge in [0.1, 0.15) is 11.6 Å². The van der Waals surface area contributed by atoms with Crippen molar-refractivity contribution in [2.75, 3.05) is 16.8 Å². The van der Waals surface area contributed by atoms with Crippen LogP contribution in [0.1, 0.15) is 5.56 Å². The Balaban J connectivity index is 2.03. The summed E-state index contributed by atoms with van der Waals surface area (Å²) in [7, 11) is -1.47. The molecule has 0 aliphatic heterocycles. The van der Waals surface area contributed by atoms with Crippen molar-refractivity contribution >= 4 is 28.1 Å². The highest BCUT2D eigenvalue weighted by atomic mass is 32.2. The van der Waals surface area contributed by atoms with Crippen LogP contribution < -0.4 is 11.1 Å². The van der Waals surface area contributed by atoms with Crippen molar-refractivity contribution in [1.82, 2.24) is 0 Å². The number of carbonyl (C=O) groups excluding carboxylic acids is 1. The maximum atomic E-state index is 13.5. The minimum atomic E-state index is -1.47. The molecular formula is C15H15FN2O2S. The van der Waals surface area contributed by atoms with Crippen LogP contribution in [0.5, 0.6) is 0 Å². The molecular weight excluding hydrogens is 291 g/mol. The fourth-order valence-corrected chi connectivity index (χ4v) is 2.63. The lowest BCUT2D eigenvalue weighted by Crippen LogP contribution is -2.20. The summed E-state index contributed by atoms with van der Waals surface area (Å²) in [5.74, 6) is -1.35. The molecule has 4 nitrogen and oxygen atoms in total. The summed E-state index contributed by atoms with van der Waals surface area (Å²) in [5.41, 5.74) is 6.90. The topological polar surface area (TPSA) is 72.2 Å². The molecule has 0 saturated heterocycles. The summed E-state index contributed by atoms with van der Waals surface area (Å²) in [6.45, 7) is 1.92. The third-order valence-corrected chi connectivity index (χ3v) is 4.13. The van der Waals surface area contributed by atoms with E-state index in [1.54, 1.807) is 12.1 Å². The summed E-state index contributed by atoms with van der Waals surface area (Å²) in [6, 6.07) is 10.9. The van der Waals surface area contributed by atoms with E-state index in [2.05, 4.69) is 5.32 Å². The second-order valence-electron chi connectivity index (χ2n) is 4.59. The molecule has 0 saturated carbocycles. The number of halogens is 1. The molecule has 1 amide bonds. The van der Waals surface area contributed by atoms with Crippen LogP contribution in [0.2, 0.25) is 0 Å². The number of nitrogens with two attached hydrogens (primary N) is 1. The van der Waals surface area contributed by atoms with Gasteiger partial charge in [-0.25, -0.2) is 4.39 Å². The predicted molar refractivity (Wildman–Crippen MR) is 81.9 cm³/mol. The van der Waals surface area contributed by atoms with Crippen molar-refractivity contribution in [2.45, 2.75) is 11.8 Å². The molecule has 0 aromatic heterocycles. The first-order valence-electron chi connectivity index (χ1n) is 6.25. The Kier molecular flexibility index (Phi) is 4.70. The first kappa shape index (κ1) is 15.2. The summed E-state index contributed by atoms with van der Waals surface area (Å²) in [6.07, 6.45) is 0. The monoisotopic (exact) mass is 306 g/mol. The lowest BCUT2D eigenvalue weighted by atomic mass is 10.2. The molecule has 110 valence electrons. The molecule has 2 rings (SSSR count). The van der Waals surface area contributed by atoms with Crippen molar-refractivity contribution in [3.05, 3.63) is 53.8 Å². The summed E-state index contributed by atoms with van der Waals surface area (Å²) in [4.78, 5) is 12.4. The molecule has 0 fully saturated rings. The van der Waals surface area contributed by atoms with Crippen LogP contribution >= 0.6 is 0 Å². The largest absolute Gasteiger partial charge is 0.399 e. The van der Waals surface area contributed by atoms with E-state index in [-0.39, 0.29) is 11.4 Å². The Morgan fingerprint density at radius 1 is 1.24 bits per heavy atom. The van der Waals surface area contributed by atoms with E-state index in [1.165, 1.54) is 18.2 Å². The van der Waals surface area contributed by atoms with Gasteiger partial charge in [0.15, 0.2) is 0 Å². The fourth-order valence-electron chi connectivity index (χ4n) is 1.72. The second kappa shape index (κ2) is 6.49. The van der Waals surface area contributed by atoms with E-state index in [1.807, 2.05) is 19.1 Å². The molecule has 1 unspecified atom stereocenters. The van der Waals surface area contributed by atoms with Crippen molar-refractivity contribution in [1.29, 1.82) is 0 Å². The smallest absolute Gasteiger partial charge is 0.237 e. The first-order valence-corrected chi connectivity index (χ1v) is 7.57. The van der Waals surface area contributed by atoms with Gasteiger partial charge in [-0.1, -0.05) is 17.7 Å². The highest BCUT2D eigenvalue weighted by Crippen LogP contribution is 2.17. The maximum Gasteiger partial charge on any atom is 0.237 e. The van der Waals surface area contributed by atoms with Gasteiger partial charge >= 0.3 is 0 Å². The number of hydrogen-bond acceptors (Lipinski definition) is 3. The van der Waals surface area contributed by atoms with Crippen molar-refractivity contribution in [3.8, 4) is 0 Å². The van der Waals surface area contributed by atoms with Gasteiger partial charge < -0.3 is 11.1 Å². The van der Waals surface area contributed by atoms with Crippen LogP contribution in [-0.4, -0.2) is 15.9 Å². The van der Waals surface area contributed by atoms with E-state index < -0.39 is 22.5 Å². The normalized spacial score (nSPS) is 11.9. The zero-order valence-corrected chi connectivity index (χ0v) is 12.2. The number of rotatable bonds is 4. The summed E-state index contributed by atoms with van der Waals surface area (Å²) in [5, 5.41) is 2.38. The van der Waals surface area contributed by atoms with Gasteiger partial charge in [0.25, 0.3) is 0 Å². The molecule has 0 aliphatic carbocycles. The van der Waals surface area contributed by atoms with Crippen molar-refractivity contribution in [3.63, 3.8) is 0 Å². The van der Waals surface area contributed by atoms with Gasteiger partial charge in [0, 0.05) is 10.6 Å². The van der Waals surface area contributed by atoms with Gasteiger partial charge in [-0.3, -0.25) is 9.00 Å². The first-order chi connectivity index (χ1) is 9.95. The Morgan fingerprint density at radius 2 is 1.90 bits per heavy atom. The number of aryl methyl sites for hydroxylation is 1. The number of nitrogen functional groups attached to an aromatic ring is 1. The average molecular weight is 306 g/mol. The predicted octanol–water partition coefficient (Wildman–Crippen LogP) is 2.46. The molecule has 2 aromatic rings. The quantitative estimate of drug-likeness (QED) is 0.852. The van der Waals surface area contributed by atoms with Crippen molar-refractivity contribution < 1.29 is 13.4 Å². The number of amides is 1. The van der Waals surface area contributed by atoms with Crippen LogP contribution in [0.4, 0.5) is 15.8 Å². The number of anilines is 2. The van der Waals surface area contributed by atoms with Gasteiger partial charge in [0.05, 0.1) is 16.5 Å².